The molecule has 0 saturated carbocycles. The van der Waals surface area contributed by atoms with Crippen molar-refractivity contribution in [1.29, 1.82) is 0 Å². The number of ether oxygens (including phenoxy) is 1. The van der Waals surface area contributed by atoms with Crippen LogP contribution < -0.4 is 15.4 Å². The standard InChI is InChI=1S/C17H19ClN2O2/c1-3-22-15-8-5-13(6-9-15)11-19-17(21)20-14-7-4-12(2)16(18)10-14/h4-10H,3,11H2,1-2H3,(H2,19,20,21). The van der Waals surface area contributed by atoms with Gasteiger partial charge in [-0.15, -0.1) is 0 Å². The first kappa shape index (κ1) is 16.2. The molecule has 0 saturated heterocycles. The minimum absolute atomic E-state index is 0.270. The highest BCUT2D eigenvalue weighted by Gasteiger charge is 2.04. The van der Waals surface area contributed by atoms with Gasteiger partial charge in [0.1, 0.15) is 5.75 Å². The third-order valence-electron chi connectivity index (χ3n) is 3.12. The Kier molecular flexibility index (Phi) is 5.67. The minimum atomic E-state index is -0.270. The van der Waals surface area contributed by atoms with E-state index in [2.05, 4.69) is 10.6 Å². The smallest absolute Gasteiger partial charge is 0.319 e. The van der Waals surface area contributed by atoms with Gasteiger partial charge in [-0.2, -0.15) is 0 Å². The molecule has 2 amide bonds. The maximum Gasteiger partial charge on any atom is 0.319 e. The average Bonchev–Trinajstić information content (AvgIpc) is 2.51. The van der Waals surface area contributed by atoms with Crippen LogP contribution in [0.5, 0.6) is 5.75 Å². The summed E-state index contributed by atoms with van der Waals surface area (Å²) in [7, 11) is 0. The third-order valence-corrected chi connectivity index (χ3v) is 3.52. The van der Waals surface area contributed by atoms with Crippen LogP contribution in [0.4, 0.5) is 10.5 Å². The highest BCUT2D eigenvalue weighted by Crippen LogP contribution is 2.19. The summed E-state index contributed by atoms with van der Waals surface area (Å²) in [5, 5.41) is 6.18. The summed E-state index contributed by atoms with van der Waals surface area (Å²) < 4.78 is 5.37. The lowest BCUT2D eigenvalue weighted by molar-refractivity contribution is 0.251. The molecule has 116 valence electrons. The Morgan fingerprint density at radius 1 is 1.18 bits per heavy atom. The van der Waals surface area contributed by atoms with E-state index in [0.29, 0.717) is 23.9 Å². The maximum atomic E-state index is 11.9. The summed E-state index contributed by atoms with van der Waals surface area (Å²) in [6, 6.07) is 12.8. The molecule has 0 aliphatic carbocycles. The number of amides is 2. The van der Waals surface area contributed by atoms with Gasteiger partial charge in [0.15, 0.2) is 0 Å². The van der Waals surface area contributed by atoms with E-state index in [0.717, 1.165) is 16.9 Å². The number of nitrogens with one attached hydrogen (secondary N) is 2. The first-order chi connectivity index (χ1) is 10.6. The van der Waals surface area contributed by atoms with E-state index < -0.39 is 0 Å². The van der Waals surface area contributed by atoms with Gasteiger partial charge >= 0.3 is 6.03 Å². The molecule has 0 heterocycles. The fraction of sp³-hybridized carbons (Fsp3) is 0.235. The lowest BCUT2D eigenvalue weighted by atomic mass is 10.2. The Bertz CT molecular complexity index is 642. The van der Waals surface area contributed by atoms with Crippen molar-refractivity contribution in [3.63, 3.8) is 0 Å². The number of hydrogen-bond acceptors (Lipinski definition) is 2. The van der Waals surface area contributed by atoms with Gasteiger partial charge in [0.25, 0.3) is 0 Å². The van der Waals surface area contributed by atoms with Gasteiger partial charge in [0.05, 0.1) is 6.61 Å². The number of rotatable bonds is 5. The topological polar surface area (TPSA) is 50.4 Å². The van der Waals surface area contributed by atoms with Crippen LogP contribution in [0.1, 0.15) is 18.1 Å². The second kappa shape index (κ2) is 7.71. The van der Waals surface area contributed by atoms with Gasteiger partial charge < -0.3 is 15.4 Å². The number of carbonyl (C=O) groups excluding carboxylic acids is 1. The Morgan fingerprint density at radius 2 is 1.91 bits per heavy atom. The Morgan fingerprint density at radius 3 is 2.55 bits per heavy atom. The zero-order chi connectivity index (χ0) is 15.9. The van der Waals surface area contributed by atoms with Crippen LogP contribution in [0.15, 0.2) is 42.5 Å². The van der Waals surface area contributed by atoms with E-state index >= 15 is 0 Å². The molecule has 0 atom stereocenters. The molecule has 0 aliphatic rings. The molecule has 0 spiro atoms. The van der Waals surface area contributed by atoms with Crippen LogP contribution >= 0.6 is 11.6 Å². The molecule has 0 aliphatic heterocycles. The van der Waals surface area contributed by atoms with Gasteiger partial charge in [-0.3, -0.25) is 0 Å². The van der Waals surface area contributed by atoms with Crippen molar-refractivity contribution in [2.45, 2.75) is 20.4 Å². The van der Waals surface area contributed by atoms with Crippen LogP contribution in [-0.2, 0) is 6.54 Å². The Labute approximate surface area is 135 Å². The first-order valence-corrected chi connectivity index (χ1v) is 7.49. The zero-order valence-electron chi connectivity index (χ0n) is 12.7. The highest BCUT2D eigenvalue weighted by atomic mass is 35.5. The molecule has 2 rings (SSSR count). The summed E-state index contributed by atoms with van der Waals surface area (Å²) in [5.74, 6) is 0.824. The molecule has 22 heavy (non-hydrogen) atoms. The SMILES string of the molecule is CCOc1ccc(CNC(=O)Nc2ccc(C)c(Cl)c2)cc1. The molecule has 0 radical (unpaired) electrons. The van der Waals surface area contributed by atoms with Crippen molar-refractivity contribution in [2.75, 3.05) is 11.9 Å². The van der Waals surface area contributed by atoms with E-state index in [1.807, 2.05) is 50.2 Å². The monoisotopic (exact) mass is 318 g/mol. The predicted molar refractivity (Wildman–Crippen MR) is 89.7 cm³/mol. The number of urea groups is 1. The second-order valence-electron chi connectivity index (χ2n) is 4.85. The van der Waals surface area contributed by atoms with Crippen molar-refractivity contribution in [3.8, 4) is 5.75 Å². The van der Waals surface area contributed by atoms with Gasteiger partial charge in [-0.25, -0.2) is 4.79 Å². The molecular formula is C17H19ClN2O2. The summed E-state index contributed by atoms with van der Waals surface area (Å²) in [6.07, 6.45) is 0. The van der Waals surface area contributed by atoms with E-state index in [4.69, 9.17) is 16.3 Å². The predicted octanol–water partition coefficient (Wildman–Crippen LogP) is 4.37. The van der Waals surface area contributed by atoms with Gasteiger partial charge in [-0.05, 0) is 49.2 Å². The van der Waals surface area contributed by atoms with Gasteiger partial charge in [-0.1, -0.05) is 29.8 Å². The molecule has 2 aromatic rings. The third kappa shape index (κ3) is 4.67. The van der Waals surface area contributed by atoms with Crippen molar-refractivity contribution >= 4 is 23.3 Å². The number of anilines is 1. The first-order valence-electron chi connectivity index (χ1n) is 7.11. The van der Waals surface area contributed by atoms with Crippen LogP contribution in [0.2, 0.25) is 5.02 Å². The van der Waals surface area contributed by atoms with E-state index in [-0.39, 0.29) is 6.03 Å². The number of hydrogen-bond donors (Lipinski definition) is 2. The fourth-order valence-corrected chi connectivity index (χ4v) is 2.08. The summed E-state index contributed by atoms with van der Waals surface area (Å²) >= 11 is 6.03. The van der Waals surface area contributed by atoms with Crippen molar-refractivity contribution in [3.05, 3.63) is 58.6 Å². The average molecular weight is 319 g/mol. The van der Waals surface area contributed by atoms with Crippen LogP contribution in [0.3, 0.4) is 0 Å². The van der Waals surface area contributed by atoms with Gasteiger partial charge in [0, 0.05) is 17.3 Å². The number of aryl methyl sites for hydroxylation is 1. The molecule has 0 fully saturated rings. The summed E-state index contributed by atoms with van der Waals surface area (Å²) in [6.45, 7) is 4.94. The molecule has 0 bridgehead atoms. The quantitative estimate of drug-likeness (QED) is 0.860. The van der Waals surface area contributed by atoms with Crippen molar-refractivity contribution in [2.24, 2.45) is 0 Å². The molecule has 2 N–H and O–H groups in total. The molecule has 0 unspecified atom stereocenters. The Hall–Kier alpha value is -2.20. The number of benzene rings is 2. The van der Waals surface area contributed by atoms with E-state index in [1.54, 1.807) is 6.07 Å². The largest absolute Gasteiger partial charge is 0.494 e. The normalized spacial score (nSPS) is 10.1. The fourth-order valence-electron chi connectivity index (χ4n) is 1.90. The molecule has 2 aromatic carbocycles. The summed E-state index contributed by atoms with van der Waals surface area (Å²) in [5.41, 5.74) is 2.64. The highest BCUT2D eigenvalue weighted by molar-refractivity contribution is 6.31. The van der Waals surface area contributed by atoms with Crippen LogP contribution in [0.25, 0.3) is 0 Å². The maximum absolute atomic E-state index is 11.9. The number of carbonyl (C=O) groups is 1. The number of halogens is 1. The second-order valence-corrected chi connectivity index (χ2v) is 5.26. The molecular weight excluding hydrogens is 300 g/mol. The molecule has 0 aromatic heterocycles. The van der Waals surface area contributed by atoms with Crippen LogP contribution in [-0.4, -0.2) is 12.6 Å². The Balaban J connectivity index is 1.85. The summed E-state index contributed by atoms with van der Waals surface area (Å²) in [4.78, 5) is 11.9. The van der Waals surface area contributed by atoms with Gasteiger partial charge in [0.2, 0.25) is 0 Å². The molecule has 5 heteroatoms. The van der Waals surface area contributed by atoms with Crippen LogP contribution in [0, 0.1) is 6.92 Å². The van der Waals surface area contributed by atoms with Crippen molar-refractivity contribution in [1.82, 2.24) is 5.32 Å². The lowest BCUT2D eigenvalue weighted by Crippen LogP contribution is -2.28. The lowest BCUT2D eigenvalue weighted by Gasteiger charge is -2.09. The van der Waals surface area contributed by atoms with E-state index in [9.17, 15) is 4.79 Å². The molecule has 4 nitrogen and oxygen atoms in total. The van der Waals surface area contributed by atoms with E-state index in [1.165, 1.54) is 0 Å². The minimum Gasteiger partial charge on any atom is -0.494 e. The zero-order valence-corrected chi connectivity index (χ0v) is 13.4. The van der Waals surface area contributed by atoms with Crippen molar-refractivity contribution < 1.29 is 9.53 Å².